The molecule has 0 saturated carbocycles. The Morgan fingerprint density at radius 2 is 1.74 bits per heavy atom. The van der Waals surface area contributed by atoms with Crippen molar-refractivity contribution in [1.29, 1.82) is 0 Å². The molecule has 23 heavy (non-hydrogen) atoms. The minimum Gasteiger partial charge on any atom is -0.364 e. The summed E-state index contributed by atoms with van der Waals surface area (Å²) in [6.45, 7) is 6.35. The summed E-state index contributed by atoms with van der Waals surface area (Å²) in [6, 6.07) is 6.10. The second-order valence-corrected chi connectivity index (χ2v) is 6.55. The summed E-state index contributed by atoms with van der Waals surface area (Å²) in [6.07, 6.45) is 3.27. The average Bonchev–Trinajstić information content (AvgIpc) is 2.57. The van der Waals surface area contributed by atoms with E-state index >= 15 is 0 Å². The zero-order chi connectivity index (χ0) is 17.4. The third-order valence-corrected chi connectivity index (χ3v) is 4.97. The van der Waals surface area contributed by atoms with Crippen LogP contribution in [0.5, 0.6) is 0 Å². The maximum absolute atomic E-state index is 12.9. The molecule has 0 bridgehead atoms. The molecule has 0 fully saturated rings. The molecule has 0 aliphatic carbocycles. The van der Waals surface area contributed by atoms with Crippen LogP contribution in [0.4, 0.5) is 5.69 Å². The Labute approximate surface area is 149 Å². The van der Waals surface area contributed by atoms with E-state index in [0.29, 0.717) is 6.42 Å². The summed E-state index contributed by atoms with van der Waals surface area (Å²) in [5, 5.41) is -1.14. The number of aryl methyl sites for hydroxylation is 2. The van der Waals surface area contributed by atoms with Gasteiger partial charge in [0.05, 0.1) is 11.1 Å². The van der Waals surface area contributed by atoms with Crippen LogP contribution in [0.1, 0.15) is 44.7 Å². The van der Waals surface area contributed by atoms with Gasteiger partial charge in [-0.25, -0.2) is 0 Å². The molecule has 2 unspecified atom stereocenters. The molecule has 0 aliphatic rings. The van der Waals surface area contributed by atoms with Crippen molar-refractivity contribution >= 4 is 34.8 Å². The first-order valence-corrected chi connectivity index (χ1v) is 9.08. The van der Waals surface area contributed by atoms with Crippen LogP contribution in [-0.4, -0.2) is 30.5 Å². The van der Waals surface area contributed by atoms with Gasteiger partial charge in [0.25, 0.3) is 0 Å². The first-order valence-electron chi connectivity index (χ1n) is 8.20. The number of carbonyl (C=O) groups is 1. The number of rotatable bonds is 9. The lowest BCUT2D eigenvalue weighted by molar-refractivity contribution is -0.119. The molecule has 0 saturated heterocycles. The van der Waals surface area contributed by atoms with E-state index in [1.165, 1.54) is 0 Å². The van der Waals surface area contributed by atoms with Gasteiger partial charge in [0, 0.05) is 7.11 Å². The number of benzene rings is 1. The number of anilines is 1. The summed E-state index contributed by atoms with van der Waals surface area (Å²) < 4.78 is 5.27. The number of carbonyl (C=O) groups excluding carboxylic acids is 1. The van der Waals surface area contributed by atoms with Crippen LogP contribution >= 0.6 is 23.2 Å². The number of nitrogens with zero attached hydrogens (tertiary/aromatic N) is 1. The van der Waals surface area contributed by atoms with Gasteiger partial charge in [-0.15, -0.1) is 23.2 Å². The van der Waals surface area contributed by atoms with Gasteiger partial charge >= 0.3 is 0 Å². The summed E-state index contributed by atoms with van der Waals surface area (Å²) in [5.41, 5.74) is 3.14. The molecule has 1 aromatic carbocycles. The summed E-state index contributed by atoms with van der Waals surface area (Å²) in [4.78, 5) is 14.6. The van der Waals surface area contributed by atoms with Gasteiger partial charge in [-0.3, -0.25) is 9.69 Å². The molecule has 0 N–H and O–H groups in total. The van der Waals surface area contributed by atoms with Crippen LogP contribution in [0.25, 0.3) is 0 Å². The van der Waals surface area contributed by atoms with Crippen LogP contribution in [0.15, 0.2) is 18.2 Å². The van der Waals surface area contributed by atoms with Crippen molar-refractivity contribution in [2.24, 2.45) is 0 Å². The van der Waals surface area contributed by atoms with E-state index in [-0.39, 0.29) is 18.0 Å². The van der Waals surface area contributed by atoms with Crippen molar-refractivity contribution in [3.8, 4) is 0 Å². The third-order valence-electron chi connectivity index (χ3n) is 3.88. The summed E-state index contributed by atoms with van der Waals surface area (Å²) in [5.74, 6) is -0.197. The molecule has 1 rings (SSSR count). The average molecular weight is 360 g/mol. The quantitative estimate of drug-likeness (QED) is 0.469. The minimum absolute atomic E-state index is 0.168. The van der Waals surface area contributed by atoms with Crippen LogP contribution in [0.3, 0.4) is 0 Å². The summed E-state index contributed by atoms with van der Waals surface area (Å²) >= 11 is 12.6. The van der Waals surface area contributed by atoms with Crippen LogP contribution in [0.2, 0.25) is 0 Å². The van der Waals surface area contributed by atoms with Crippen molar-refractivity contribution in [1.82, 2.24) is 0 Å². The fraction of sp³-hybridized carbons (Fsp3) is 0.611. The lowest BCUT2D eigenvalue weighted by Crippen LogP contribution is -2.42. The lowest BCUT2D eigenvalue weighted by atomic mass is 10.0. The smallest absolute Gasteiger partial charge is 0.248 e. The SMILES string of the molecule is CCCC(Cl)C(Cl)C(=O)N(COC)c1c(CC)cccc1CC. The van der Waals surface area contributed by atoms with E-state index in [1.54, 1.807) is 12.0 Å². The second kappa shape index (κ2) is 10.2. The Morgan fingerprint density at radius 3 is 2.17 bits per heavy atom. The molecule has 5 heteroatoms. The zero-order valence-electron chi connectivity index (χ0n) is 14.4. The highest BCUT2D eigenvalue weighted by Crippen LogP contribution is 2.29. The molecular weight excluding hydrogens is 333 g/mol. The van der Waals surface area contributed by atoms with E-state index in [1.807, 2.05) is 25.1 Å². The topological polar surface area (TPSA) is 29.5 Å². The van der Waals surface area contributed by atoms with E-state index in [0.717, 1.165) is 36.1 Å². The molecule has 0 heterocycles. The number of ether oxygens (including phenoxy) is 1. The molecule has 0 spiro atoms. The Kier molecular flexibility index (Phi) is 8.96. The van der Waals surface area contributed by atoms with E-state index < -0.39 is 5.38 Å². The first-order chi connectivity index (χ1) is 11.0. The minimum atomic E-state index is -0.763. The highest BCUT2D eigenvalue weighted by Gasteiger charge is 2.31. The molecule has 3 nitrogen and oxygen atoms in total. The Bertz CT molecular complexity index is 486. The van der Waals surface area contributed by atoms with Crippen molar-refractivity contribution in [2.45, 2.75) is 57.2 Å². The molecule has 0 aliphatic heterocycles. The molecule has 0 radical (unpaired) electrons. The molecule has 130 valence electrons. The number of hydrogen-bond acceptors (Lipinski definition) is 2. The van der Waals surface area contributed by atoms with Gasteiger partial charge < -0.3 is 4.74 Å². The number of methoxy groups -OCH3 is 1. The van der Waals surface area contributed by atoms with Gasteiger partial charge in [0.15, 0.2) is 0 Å². The van der Waals surface area contributed by atoms with Gasteiger partial charge in [0.1, 0.15) is 12.1 Å². The van der Waals surface area contributed by atoms with Crippen LogP contribution in [0, 0.1) is 0 Å². The Morgan fingerprint density at radius 1 is 1.17 bits per heavy atom. The Hall–Kier alpha value is -0.770. The first kappa shape index (κ1) is 20.3. The van der Waals surface area contributed by atoms with Crippen molar-refractivity contribution in [3.63, 3.8) is 0 Å². The van der Waals surface area contributed by atoms with Crippen molar-refractivity contribution in [2.75, 3.05) is 18.7 Å². The summed E-state index contributed by atoms with van der Waals surface area (Å²) in [7, 11) is 1.58. The van der Waals surface area contributed by atoms with Crippen molar-refractivity contribution < 1.29 is 9.53 Å². The van der Waals surface area contributed by atoms with Crippen LogP contribution < -0.4 is 4.90 Å². The fourth-order valence-corrected chi connectivity index (χ4v) is 3.22. The third kappa shape index (κ3) is 5.10. The number of alkyl halides is 2. The lowest BCUT2D eigenvalue weighted by Gasteiger charge is -2.29. The predicted molar refractivity (Wildman–Crippen MR) is 98.8 cm³/mol. The highest BCUT2D eigenvalue weighted by molar-refractivity contribution is 6.39. The van der Waals surface area contributed by atoms with Crippen LogP contribution in [-0.2, 0) is 22.4 Å². The van der Waals surface area contributed by atoms with Crippen molar-refractivity contribution in [3.05, 3.63) is 29.3 Å². The monoisotopic (exact) mass is 359 g/mol. The number of para-hydroxylation sites is 1. The fourth-order valence-electron chi connectivity index (χ4n) is 2.65. The standard InChI is InChI=1S/C18H27Cl2NO2/c1-5-9-15(19)16(20)18(22)21(12-23-4)17-13(6-2)10-8-11-14(17)7-3/h8,10-11,15-16H,5-7,9,12H2,1-4H3. The predicted octanol–water partition coefficient (Wildman–Crippen LogP) is 4.76. The highest BCUT2D eigenvalue weighted by atomic mass is 35.5. The maximum Gasteiger partial charge on any atom is 0.248 e. The van der Waals surface area contributed by atoms with Gasteiger partial charge in [0.2, 0.25) is 5.91 Å². The van der Waals surface area contributed by atoms with Gasteiger partial charge in [-0.1, -0.05) is 45.4 Å². The zero-order valence-corrected chi connectivity index (χ0v) is 16.0. The van der Waals surface area contributed by atoms with E-state index in [2.05, 4.69) is 13.8 Å². The van der Waals surface area contributed by atoms with Gasteiger partial charge in [-0.2, -0.15) is 0 Å². The normalized spacial score (nSPS) is 13.7. The molecule has 1 aromatic rings. The Balaban J connectivity index is 3.23. The molecule has 0 aromatic heterocycles. The van der Waals surface area contributed by atoms with Gasteiger partial charge in [-0.05, 0) is 30.4 Å². The molecule has 2 atom stereocenters. The number of amides is 1. The number of hydrogen-bond donors (Lipinski definition) is 0. The van der Waals surface area contributed by atoms with E-state index in [4.69, 9.17) is 27.9 Å². The largest absolute Gasteiger partial charge is 0.364 e. The second-order valence-electron chi connectivity index (χ2n) is 5.52. The molecular formula is C18H27Cl2NO2. The molecule has 1 amide bonds. The van der Waals surface area contributed by atoms with E-state index in [9.17, 15) is 4.79 Å². The maximum atomic E-state index is 12.9. The number of halogens is 2.